The largest absolute Gasteiger partial charge is 0.496 e. The van der Waals surface area contributed by atoms with Gasteiger partial charge in [0.2, 0.25) is 0 Å². The number of hydrazone groups is 1. The molecule has 0 fully saturated rings. The van der Waals surface area contributed by atoms with Gasteiger partial charge >= 0.3 is 0 Å². The third-order valence-corrected chi connectivity index (χ3v) is 4.77. The minimum atomic E-state index is -0.446. The quantitative estimate of drug-likeness (QED) is 0.289. The molecule has 0 aliphatic carbocycles. The maximum absolute atomic E-state index is 12.7. The summed E-state index contributed by atoms with van der Waals surface area (Å²) in [6.45, 7) is 0. The normalized spacial score (nSPS) is 11.0. The molecule has 31 heavy (non-hydrogen) atoms. The fourth-order valence-corrected chi connectivity index (χ4v) is 3.27. The Balaban J connectivity index is 1.56. The zero-order valence-corrected chi connectivity index (χ0v) is 16.6. The molecule has 0 radical (unpaired) electrons. The highest BCUT2D eigenvalue weighted by Crippen LogP contribution is 2.26. The van der Waals surface area contributed by atoms with E-state index >= 15 is 0 Å². The van der Waals surface area contributed by atoms with E-state index in [2.05, 4.69) is 10.5 Å². The Labute approximate surface area is 177 Å². The molecule has 1 heterocycles. The van der Waals surface area contributed by atoms with Gasteiger partial charge in [-0.15, -0.1) is 0 Å². The number of nitro groups is 1. The Bertz CT molecular complexity index is 1310. The van der Waals surface area contributed by atoms with Crippen LogP contribution in [0, 0.1) is 10.1 Å². The SMILES string of the molecule is COc1cc2ccccc2cc1C(=O)N/N=C\c1cccn1-c1cccc([N+](=O)[O-])c1. The summed E-state index contributed by atoms with van der Waals surface area (Å²) in [5, 5.41) is 17.0. The molecule has 8 heteroatoms. The first-order chi connectivity index (χ1) is 15.1. The fourth-order valence-electron chi connectivity index (χ4n) is 3.27. The van der Waals surface area contributed by atoms with E-state index in [1.54, 1.807) is 47.2 Å². The number of hydrogen-bond donors (Lipinski definition) is 1. The molecule has 154 valence electrons. The topological polar surface area (TPSA) is 98.8 Å². The minimum Gasteiger partial charge on any atom is -0.496 e. The first kappa shape index (κ1) is 19.8. The van der Waals surface area contributed by atoms with E-state index in [0.29, 0.717) is 22.7 Å². The van der Waals surface area contributed by atoms with Crippen LogP contribution >= 0.6 is 0 Å². The number of nitrogens with one attached hydrogen (secondary N) is 1. The van der Waals surface area contributed by atoms with Crippen LogP contribution in [0.5, 0.6) is 5.75 Å². The van der Waals surface area contributed by atoms with Crippen LogP contribution in [0.4, 0.5) is 5.69 Å². The number of carbonyl (C=O) groups is 1. The molecule has 1 aromatic heterocycles. The number of non-ortho nitro benzene ring substituents is 1. The second kappa shape index (κ2) is 8.50. The van der Waals surface area contributed by atoms with Crippen LogP contribution in [0.2, 0.25) is 0 Å². The number of carbonyl (C=O) groups excluding carboxylic acids is 1. The second-order valence-corrected chi connectivity index (χ2v) is 6.68. The molecule has 3 aromatic carbocycles. The van der Waals surface area contributed by atoms with E-state index in [9.17, 15) is 14.9 Å². The smallest absolute Gasteiger partial charge is 0.275 e. The maximum atomic E-state index is 12.7. The number of rotatable bonds is 6. The molecular formula is C23H18N4O4. The van der Waals surface area contributed by atoms with Gasteiger partial charge in [-0.3, -0.25) is 14.9 Å². The summed E-state index contributed by atoms with van der Waals surface area (Å²) in [6.07, 6.45) is 3.23. The first-order valence-corrected chi connectivity index (χ1v) is 9.39. The molecule has 0 bridgehead atoms. The van der Waals surface area contributed by atoms with Gasteiger partial charge in [-0.05, 0) is 41.1 Å². The lowest BCUT2D eigenvalue weighted by Crippen LogP contribution is -2.18. The zero-order valence-electron chi connectivity index (χ0n) is 16.6. The van der Waals surface area contributed by atoms with Crippen molar-refractivity contribution < 1.29 is 14.5 Å². The van der Waals surface area contributed by atoms with Crippen LogP contribution in [0.1, 0.15) is 16.1 Å². The van der Waals surface area contributed by atoms with Crippen molar-refractivity contribution in [1.82, 2.24) is 9.99 Å². The average Bonchev–Trinajstić information content (AvgIpc) is 3.26. The number of fused-ring (bicyclic) bond motifs is 1. The fraction of sp³-hybridized carbons (Fsp3) is 0.0435. The van der Waals surface area contributed by atoms with Crippen molar-refractivity contribution in [1.29, 1.82) is 0 Å². The van der Waals surface area contributed by atoms with E-state index in [1.807, 2.05) is 24.3 Å². The minimum absolute atomic E-state index is 0.00853. The average molecular weight is 414 g/mol. The summed E-state index contributed by atoms with van der Waals surface area (Å²) < 4.78 is 7.10. The highest BCUT2D eigenvalue weighted by molar-refractivity contribution is 6.01. The Morgan fingerprint density at radius 2 is 1.84 bits per heavy atom. The zero-order chi connectivity index (χ0) is 21.8. The van der Waals surface area contributed by atoms with Gasteiger partial charge in [0.05, 0.1) is 35.2 Å². The van der Waals surface area contributed by atoms with Gasteiger partial charge in [-0.25, -0.2) is 5.43 Å². The standard InChI is InChI=1S/C23H18N4O4/c1-31-22-13-17-7-3-2-6-16(17)12-21(22)23(28)25-24-15-20-10-5-11-26(20)18-8-4-9-19(14-18)27(29)30/h2-15H,1H3,(H,25,28)/b24-15-. The molecule has 1 N–H and O–H groups in total. The van der Waals surface area contributed by atoms with Crippen LogP contribution in [0.3, 0.4) is 0 Å². The molecule has 0 atom stereocenters. The summed E-state index contributed by atoms with van der Waals surface area (Å²) in [7, 11) is 1.51. The molecule has 8 nitrogen and oxygen atoms in total. The van der Waals surface area contributed by atoms with Gasteiger partial charge in [0.1, 0.15) is 5.75 Å². The molecule has 4 rings (SSSR count). The second-order valence-electron chi connectivity index (χ2n) is 6.68. The van der Waals surface area contributed by atoms with Gasteiger partial charge in [-0.1, -0.05) is 30.3 Å². The summed E-state index contributed by atoms with van der Waals surface area (Å²) >= 11 is 0. The number of methoxy groups -OCH3 is 1. The number of nitrogens with zero attached hydrogens (tertiary/aromatic N) is 3. The number of hydrogen-bond acceptors (Lipinski definition) is 5. The Morgan fingerprint density at radius 1 is 1.06 bits per heavy atom. The van der Waals surface area contributed by atoms with E-state index in [-0.39, 0.29) is 5.69 Å². The lowest BCUT2D eigenvalue weighted by Gasteiger charge is -2.09. The van der Waals surface area contributed by atoms with Crippen molar-refractivity contribution in [3.05, 3.63) is 100 Å². The van der Waals surface area contributed by atoms with Gasteiger partial charge in [0.15, 0.2) is 0 Å². The highest BCUT2D eigenvalue weighted by Gasteiger charge is 2.13. The number of ether oxygens (including phenoxy) is 1. The predicted octanol–water partition coefficient (Wildman–Crippen LogP) is 4.31. The molecule has 0 saturated carbocycles. The van der Waals surface area contributed by atoms with Crippen molar-refractivity contribution in [2.24, 2.45) is 5.10 Å². The molecule has 0 saturated heterocycles. The molecule has 0 aliphatic rings. The highest BCUT2D eigenvalue weighted by atomic mass is 16.6. The predicted molar refractivity (Wildman–Crippen MR) is 118 cm³/mol. The molecule has 1 amide bonds. The molecule has 4 aromatic rings. The number of aromatic nitrogens is 1. The number of benzene rings is 3. The van der Waals surface area contributed by atoms with Gasteiger partial charge in [-0.2, -0.15) is 5.10 Å². The summed E-state index contributed by atoms with van der Waals surface area (Å²) in [6, 6.07) is 21.1. The van der Waals surface area contributed by atoms with Crippen molar-refractivity contribution >= 4 is 28.6 Å². The maximum Gasteiger partial charge on any atom is 0.275 e. The van der Waals surface area contributed by atoms with Crippen LogP contribution < -0.4 is 10.2 Å². The molecule has 0 spiro atoms. The van der Waals surface area contributed by atoms with Crippen LogP contribution in [0.15, 0.2) is 84.1 Å². The van der Waals surface area contributed by atoms with Crippen LogP contribution in [-0.4, -0.2) is 28.7 Å². The lowest BCUT2D eigenvalue weighted by atomic mass is 10.1. The lowest BCUT2D eigenvalue weighted by molar-refractivity contribution is -0.384. The summed E-state index contributed by atoms with van der Waals surface area (Å²) in [4.78, 5) is 23.3. The van der Waals surface area contributed by atoms with Crippen molar-refractivity contribution in [2.45, 2.75) is 0 Å². The van der Waals surface area contributed by atoms with Crippen molar-refractivity contribution in [3.8, 4) is 11.4 Å². The Hall–Kier alpha value is -4.46. The number of amides is 1. The third kappa shape index (κ3) is 4.13. The summed E-state index contributed by atoms with van der Waals surface area (Å²) in [5.74, 6) is 0.0404. The van der Waals surface area contributed by atoms with E-state index in [1.165, 1.54) is 25.5 Å². The summed E-state index contributed by atoms with van der Waals surface area (Å²) in [5.41, 5.74) is 4.13. The van der Waals surface area contributed by atoms with E-state index in [0.717, 1.165) is 10.8 Å². The molecular weight excluding hydrogens is 396 g/mol. The van der Waals surface area contributed by atoms with Gasteiger partial charge in [0, 0.05) is 18.3 Å². The Kier molecular flexibility index (Phi) is 5.44. The molecule has 0 unspecified atom stereocenters. The van der Waals surface area contributed by atoms with Gasteiger partial charge < -0.3 is 9.30 Å². The first-order valence-electron chi connectivity index (χ1n) is 9.39. The van der Waals surface area contributed by atoms with Gasteiger partial charge in [0.25, 0.3) is 11.6 Å². The van der Waals surface area contributed by atoms with Crippen molar-refractivity contribution in [3.63, 3.8) is 0 Å². The monoisotopic (exact) mass is 414 g/mol. The van der Waals surface area contributed by atoms with E-state index in [4.69, 9.17) is 4.74 Å². The van der Waals surface area contributed by atoms with Crippen molar-refractivity contribution in [2.75, 3.05) is 7.11 Å². The van der Waals surface area contributed by atoms with Crippen LogP contribution in [0.25, 0.3) is 16.5 Å². The number of nitro benzene ring substituents is 1. The molecule has 0 aliphatic heterocycles. The third-order valence-electron chi connectivity index (χ3n) is 4.77. The Morgan fingerprint density at radius 3 is 2.58 bits per heavy atom. The van der Waals surface area contributed by atoms with Crippen LogP contribution in [-0.2, 0) is 0 Å². The van der Waals surface area contributed by atoms with E-state index < -0.39 is 10.8 Å².